The van der Waals surface area contributed by atoms with Crippen molar-refractivity contribution in [2.75, 3.05) is 26.6 Å². The van der Waals surface area contributed by atoms with Gasteiger partial charge in [0.15, 0.2) is 17.7 Å². The highest BCUT2D eigenvalue weighted by Crippen LogP contribution is 2.43. The van der Waals surface area contributed by atoms with Crippen molar-refractivity contribution in [3.8, 4) is 11.5 Å². The van der Waals surface area contributed by atoms with E-state index in [9.17, 15) is 10.2 Å². The second-order valence-corrected chi connectivity index (χ2v) is 9.94. The van der Waals surface area contributed by atoms with E-state index in [1.807, 2.05) is 78.9 Å². The summed E-state index contributed by atoms with van der Waals surface area (Å²) in [5.41, 5.74) is 8.11. The Morgan fingerprint density at radius 3 is 2.00 bits per heavy atom. The maximum absolute atomic E-state index is 11.1. The van der Waals surface area contributed by atoms with Crippen LogP contribution >= 0.6 is 0 Å². The van der Waals surface area contributed by atoms with Gasteiger partial charge in [0.25, 0.3) is 0 Å². The number of hydrogen-bond acceptors (Lipinski definition) is 10. The van der Waals surface area contributed by atoms with Crippen LogP contribution in [0.15, 0.2) is 91.5 Å². The summed E-state index contributed by atoms with van der Waals surface area (Å²) in [6.45, 7) is -0.0641. The van der Waals surface area contributed by atoms with E-state index >= 15 is 0 Å². The van der Waals surface area contributed by atoms with E-state index < -0.39 is 30.1 Å². The minimum atomic E-state index is -1.28. The molecule has 0 spiro atoms. The minimum Gasteiger partial charge on any atom is -0.497 e. The number of aliphatic hydroxyl groups excluding tert-OH is 2. The summed E-state index contributed by atoms with van der Waals surface area (Å²) in [5.74, 6) is 1.61. The number of nitrogens with two attached hydrogens (primary N) is 1. The van der Waals surface area contributed by atoms with Crippen LogP contribution in [-0.2, 0) is 15.1 Å². The normalized spacial score (nSPS) is 20.6. The Bertz CT molecular complexity index is 1600. The maximum atomic E-state index is 11.1. The van der Waals surface area contributed by atoms with E-state index in [-0.39, 0.29) is 12.4 Å². The molecular weight excluding hydrogens is 538 g/mol. The van der Waals surface area contributed by atoms with Crippen LogP contribution in [0.4, 0.5) is 5.82 Å². The highest BCUT2D eigenvalue weighted by Gasteiger charge is 2.47. The van der Waals surface area contributed by atoms with Gasteiger partial charge >= 0.3 is 0 Å². The number of aromatic nitrogens is 4. The molecule has 0 amide bonds. The third-order valence-corrected chi connectivity index (χ3v) is 7.64. The van der Waals surface area contributed by atoms with Gasteiger partial charge in [-0.1, -0.05) is 54.6 Å². The summed E-state index contributed by atoms with van der Waals surface area (Å²) < 4.78 is 25.4. The number of aliphatic hydroxyl groups is 2. The van der Waals surface area contributed by atoms with Crippen LogP contribution in [0, 0.1) is 0 Å². The van der Waals surface area contributed by atoms with Crippen molar-refractivity contribution >= 4 is 17.0 Å². The predicted molar refractivity (Wildman–Crippen MR) is 154 cm³/mol. The molecule has 42 heavy (non-hydrogen) atoms. The van der Waals surface area contributed by atoms with Crippen LogP contribution in [0.1, 0.15) is 22.9 Å². The van der Waals surface area contributed by atoms with Gasteiger partial charge in [-0.3, -0.25) is 4.57 Å². The Kier molecular flexibility index (Phi) is 7.48. The second kappa shape index (κ2) is 11.4. The highest BCUT2D eigenvalue weighted by atomic mass is 16.6. The molecule has 0 bridgehead atoms. The zero-order valence-electron chi connectivity index (χ0n) is 23.1. The molecule has 4 atom stereocenters. The lowest BCUT2D eigenvalue weighted by Crippen LogP contribution is -2.39. The molecule has 1 saturated heterocycles. The van der Waals surface area contributed by atoms with Gasteiger partial charge in [0.1, 0.15) is 47.3 Å². The van der Waals surface area contributed by atoms with Crippen LogP contribution in [0.3, 0.4) is 0 Å². The van der Waals surface area contributed by atoms with Gasteiger partial charge in [0.2, 0.25) is 0 Å². The first-order valence-electron chi connectivity index (χ1n) is 13.4. The van der Waals surface area contributed by atoms with Crippen LogP contribution in [0.2, 0.25) is 0 Å². The third-order valence-electron chi connectivity index (χ3n) is 7.64. The fraction of sp³-hybridized carbons (Fsp3) is 0.258. The van der Waals surface area contributed by atoms with E-state index in [1.165, 1.54) is 12.7 Å². The molecule has 3 heterocycles. The summed E-state index contributed by atoms with van der Waals surface area (Å²) in [5, 5.41) is 22.2. The van der Waals surface area contributed by atoms with E-state index in [0.717, 1.165) is 16.7 Å². The summed E-state index contributed by atoms with van der Waals surface area (Å²) in [7, 11) is 3.23. The largest absolute Gasteiger partial charge is 0.497 e. The average Bonchev–Trinajstić information content (AvgIpc) is 3.59. The molecule has 3 unspecified atom stereocenters. The lowest BCUT2D eigenvalue weighted by molar-refractivity contribution is -0.0942. The fourth-order valence-electron chi connectivity index (χ4n) is 5.43. The van der Waals surface area contributed by atoms with Crippen LogP contribution < -0.4 is 15.2 Å². The van der Waals surface area contributed by atoms with Gasteiger partial charge in [-0.25, -0.2) is 15.0 Å². The standard InChI is InChI=1S/C31H31N5O6/c1-39-22-12-8-20(9-13-22)31(19-6-4-3-5-7-19,21-10-14-23(40-2)15-11-21)41-16-24-26(37)27(38)30(42-24)36-18-35-25-28(32)33-17-34-29(25)36/h3-15,17-18,24,26-27,30,37-38H,16H2,1-2H3,(H2,32,33,34)/t24?,26?,27-,30?/m0/s1. The number of benzene rings is 3. The number of nitrogen functional groups attached to an aromatic ring is 1. The number of rotatable bonds is 9. The van der Waals surface area contributed by atoms with Crippen LogP contribution in [0.5, 0.6) is 11.5 Å². The number of fused-ring (bicyclic) bond motifs is 1. The van der Waals surface area contributed by atoms with Crippen molar-refractivity contribution in [2.24, 2.45) is 0 Å². The lowest BCUT2D eigenvalue weighted by Gasteiger charge is -2.37. The number of imidazole rings is 1. The van der Waals surface area contributed by atoms with Gasteiger partial charge < -0.3 is 34.9 Å². The number of methoxy groups -OCH3 is 2. The highest BCUT2D eigenvalue weighted by molar-refractivity contribution is 5.81. The molecule has 1 aliphatic rings. The first-order chi connectivity index (χ1) is 20.5. The topological polar surface area (TPSA) is 147 Å². The van der Waals surface area contributed by atoms with Crippen molar-refractivity contribution in [2.45, 2.75) is 30.1 Å². The summed E-state index contributed by atoms with van der Waals surface area (Å²) in [6.07, 6.45) is -1.62. The molecule has 11 heteroatoms. The van der Waals surface area contributed by atoms with Crippen LogP contribution in [0.25, 0.3) is 11.2 Å². The number of hydrogen-bond donors (Lipinski definition) is 3. The summed E-state index contributed by atoms with van der Waals surface area (Å²) >= 11 is 0. The van der Waals surface area contributed by atoms with Crippen molar-refractivity contribution in [1.82, 2.24) is 19.5 Å². The van der Waals surface area contributed by atoms with Crippen LogP contribution in [-0.4, -0.2) is 68.9 Å². The second-order valence-electron chi connectivity index (χ2n) is 9.94. The zero-order valence-corrected chi connectivity index (χ0v) is 23.1. The number of nitrogens with zero attached hydrogens (tertiary/aromatic N) is 4. The molecule has 6 rings (SSSR count). The number of anilines is 1. The minimum absolute atomic E-state index is 0.0641. The molecule has 11 nitrogen and oxygen atoms in total. The molecule has 3 aromatic carbocycles. The SMILES string of the molecule is COc1ccc(C(OCC2OC(n3cnc4c(N)ncnc43)[C@@H](O)C2O)(c2ccccc2)c2ccc(OC)cc2)cc1. The molecule has 1 aliphatic heterocycles. The molecule has 0 saturated carbocycles. The van der Waals surface area contributed by atoms with E-state index in [0.29, 0.717) is 22.7 Å². The maximum Gasteiger partial charge on any atom is 0.167 e. The molecule has 216 valence electrons. The number of ether oxygens (including phenoxy) is 4. The van der Waals surface area contributed by atoms with E-state index in [1.54, 1.807) is 18.8 Å². The van der Waals surface area contributed by atoms with E-state index in [2.05, 4.69) is 15.0 Å². The summed E-state index contributed by atoms with van der Waals surface area (Å²) in [4.78, 5) is 12.5. The first-order valence-corrected chi connectivity index (χ1v) is 13.4. The predicted octanol–water partition coefficient (Wildman–Crippen LogP) is 3.05. The van der Waals surface area contributed by atoms with Gasteiger partial charge in [-0.15, -0.1) is 0 Å². The molecule has 2 aromatic heterocycles. The average molecular weight is 570 g/mol. The molecule has 0 aliphatic carbocycles. The van der Waals surface area contributed by atoms with Gasteiger partial charge in [-0.05, 0) is 41.0 Å². The molecule has 0 radical (unpaired) electrons. The smallest absolute Gasteiger partial charge is 0.167 e. The zero-order chi connectivity index (χ0) is 29.3. The van der Waals surface area contributed by atoms with Gasteiger partial charge in [0, 0.05) is 0 Å². The monoisotopic (exact) mass is 569 g/mol. The Morgan fingerprint density at radius 1 is 0.810 bits per heavy atom. The van der Waals surface area contributed by atoms with Crippen molar-refractivity contribution in [3.05, 3.63) is 108 Å². The van der Waals surface area contributed by atoms with Gasteiger partial charge in [-0.2, -0.15) is 0 Å². The fourth-order valence-corrected chi connectivity index (χ4v) is 5.43. The van der Waals surface area contributed by atoms with Crippen molar-refractivity contribution < 1.29 is 29.2 Å². The van der Waals surface area contributed by atoms with Crippen molar-refractivity contribution in [1.29, 1.82) is 0 Å². The third kappa shape index (κ3) is 4.72. The summed E-state index contributed by atoms with van der Waals surface area (Å²) in [6, 6.07) is 25.1. The van der Waals surface area contributed by atoms with E-state index in [4.69, 9.17) is 24.7 Å². The van der Waals surface area contributed by atoms with Gasteiger partial charge in [0.05, 0.1) is 27.2 Å². The molecule has 1 fully saturated rings. The quantitative estimate of drug-likeness (QED) is 0.226. The van der Waals surface area contributed by atoms with Crippen molar-refractivity contribution in [3.63, 3.8) is 0 Å². The lowest BCUT2D eigenvalue weighted by atomic mass is 9.80. The Balaban J connectivity index is 1.39. The Hall–Kier alpha value is -4.55. The Labute approximate surface area is 242 Å². The molecule has 4 N–H and O–H groups in total. The Morgan fingerprint density at radius 2 is 1.40 bits per heavy atom. The first kappa shape index (κ1) is 27.6. The molecule has 5 aromatic rings. The molecular formula is C31H31N5O6.